The van der Waals surface area contributed by atoms with Crippen LogP contribution in [0.1, 0.15) is 0 Å². The Hall–Kier alpha value is -1.76. The third kappa shape index (κ3) is 1.54. The second kappa shape index (κ2) is 3.31. The van der Waals surface area contributed by atoms with Crippen LogP contribution in [0.25, 0.3) is 0 Å². The van der Waals surface area contributed by atoms with Crippen LogP contribution in [0.2, 0.25) is 0 Å². The molecule has 0 amide bonds. The van der Waals surface area contributed by atoms with Crippen molar-refractivity contribution in [1.82, 2.24) is 0 Å². The van der Waals surface area contributed by atoms with Crippen molar-refractivity contribution >= 4 is 0 Å². The molecule has 64 valence electrons. The predicted octanol–water partition coefficient (Wildman–Crippen LogP) is 2.98. The molecule has 0 aliphatic heterocycles. The maximum atomic E-state index is 9.64. The average Bonchev–Trinajstić information content (AvgIpc) is 2.43. The Morgan fingerprint density at radius 2 is 1.54 bits per heavy atom. The summed E-state index contributed by atoms with van der Waals surface area (Å²) in [6.07, 6.45) is 17.1. The molecule has 0 unspecified atom stereocenters. The van der Waals surface area contributed by atoms with Crippen molar-refractivity contribution in [2.24, 2.45) is 0 Å². The fourth-order valence-corrected chi connectivity index (χ4v) is 1.34. The normalized spacial score (nSPS) is 19.5. The number of fused-ring (bicyclic) bond motifs is 1. The summed E-state index contributed by atoms with van der Waals surface area (Å²) < 4.78 is 0. The van der Waals surface area contributed by atoms with Crippen molar-refractivity contribution in [2.75, 3.05) is 0 Å². The van der Waals surface area contributed by atoms with Crippen LogP contribution >= 0.6 is 0 Å². The van der Waals surface area contributed by atoms with Crippen LogP contribution in [0.4, 0.5) is 0 Å². The van der Waals surface area contributed by atoms with Crippen LogP contribution in [-0.2, 0) is 0 Å². The number of rotatable bonds is 0. The zero-order chi connectivity index (χ0) is 9.10. The molecule has 2 rings (SSSR count). The first-order valence-corrected chi connectivity index (χ1v) is 4.21. The summed E-state index contributed by atoms with van der Waals surface area (Å²) in [6.45, 7) is 0. The van der Waals surface area contributed by atoms with Crippen molar-refractivity contribution < 1.29 is 5.11 Å². The number of aliphatic hydroxyl groups is 1. The van der Waals surface area contributed by atoms with E-state index < -0.39 is 0 Å². The van der Waals surface area contributed by atoms with Gasteiger partial charge >= 0.3 is 0 Å². The van der Waals surface area contributed by atoms with E-state index in [-0.39, 0.29) is 0 Å². The Kier molecular flexibility index (Phi) is 2.01. The molecule has 0 saturated heterocycles. The standard InChI is InChI=1S/C12H10O/c13-12-9-5-4-7-10-6-2-1-3-8-11(10)12/h1-9,13H. The summed E-state index contributed by atoms with van der Waals surface area (Å²) in [4.78, 5) is 0. The van der Waals surface area contributed by atoms with E-state index in [0.717, 1.165) is 11.1 Å². The molecule has 0 aromatic rings. The van der Waals surface area contributed by atoms with Gasteiger partial charge in [-0.2, -0.15) is 0 Å². The van der Waals surface area contributed by atoms with Gasteiger partial charge in [-0.3, -0.25) is 0 Å². The fraction of sp³-hybridized carbons (Fsp3) is 0. The number of hydrogen-bond donors (Lipinski definition) is 1. The van der Waals surface area contributed by atoms with E-state index in [1.54, 1.807) is 6.08 Å². The topological polar surface area (TPSA) is 20.2 Å². The number of aliphatic hydroxyl groups excluding tert-OH is 1. The quantitative estimate of drug-likeness (QED) is 0.592. The van der Waals surface area contributed by atoms with Gasteiger partial charge in [0.25, 0.3) is 0 Å². The van der Waals surface area contributed by atoms with E-state index in [2.05, 4.69) is 0 Å². The molecule has 13 heavy (non-hydrogen) atoms. The second-order valence-corrected chi connectivity index (χ2v) is 2.88. The molecule has 1 N–H and O–H groups in total. The minimum atomic E-state index is 0.316. The summed E-state index contributed by atoms with van der Waals surface area (Å²) in [5.41, 5.74) is 1.91. The largest absolute Gasteiger partial charge is 0.507 e. The fourth-order valence-electron chi connectivity index (χ4n) is 1.34. The Morgan fingerprint density at radius 1 is 0.769 bits per heavy atom. The highest BCUT2D eigenvalue weighted by Crippen LogP contribution is 2.22. The Labute approximate surface area is 77.4 Å². The lowest BCUT2D eigenvalue weighted by Gasteiger charge is -2.03. The van der Waals surface area contributed by atoms with E-state index >= 15 is 0 Å². The van der Waals surface area contributed by atoms with E-state index in [0.29, 0.717) is 5.76 Å². The van der Waals surface area contributed by atoms with Gasteiger partial charge in [0.05, 0.1) is 0 Å². The molecule has 0 aromatic carbocycles. The van der Waals surface area contributed by atoms with Gasteiger partial charge in [0.15, 0.2) is 0 Å². The van der Waals surface area contributed by atoms with Gasteiger partial charge < -0.3 is 5.11 Å². The summed E-state index contributed by atoms with van der Waals surface area (Å²) in [5.74, 6) is 0.316. The van der Waals surface area contributed by atoms with Crippen LogP contribution in [0.3, 0.4) is 0 Å². The third-order valence-electron chi connectivity index (χ3n) is 1.99. The second-order valence-electron chi connectivity index (χ2n) is 2.88. The maximum absolute atomic E-state index is 9.64. The summed E-state index contributed by atoms with van der Waals surface area (Å²) in [6, 6.07) is 0. The summed E-state index contributed by atoms with van der Waals surface area (Å²) >= 11 is 0. The third-order valence-corrected chi connectivity index (χ3v) is 1.99. The first-order valence-electron chi connectivity index (χ1n) is 4.21. The first-order chi connectivity index (χ1) is 6.38. The lowest BCUT2D eigenvalue weighted by molar-refractivity contribution is 0.426. The smallest absolute Gasteiger partial charge is 0.123 e. The van der Waals surface area contributed by atoms with Gasteiger partial charge in [-0.1, -0.05) is 48.6 Å². The molecule has 0 radical (unpaired) electrons. The van der Waals surface area contributed by atoms with E-state index in [4.69, 9.17) is 0 Å². The molecule has 1 nitrogen and oxygen atoms in total. The molecular weight excluding hydrogens is 160 g/mol. The van der Waals surface area contributed by atoms with Crippen LogP contribution in [-0.4, -0.2) is 5.11 Å². The number of allylic oxidation sites excluding steroid dienone is 10. The molecule has 1 heteroatoms. The zero-order valence-electron chi connectivity index (χ0n) is 7.14. The van der Waals surface area contributed by atoms with Gasteiger partial charge in [-0.25, -0.2) is 0 Å². The van der Waals surface area contributed by atoms with Crippen molar-refractivity contribution in [2.45, 2.75) is 0 Å². The lowest BCUT2D eigenvalue weighted by atomic mass is 10.0. The lowest BCUT2D eigenvalue weighted by Crippen LogP contribution is -1.89. The number of hydrogen-bond acceptors (Lipinski definition) is 1. The highest BCUT2D eigenvalue weighted by atomic mass is 16.3. The Bertz CT molecular complexity index is 387. The van der Waals surface area contributed by atoms with Gasteiger partial charge in [0, 0.05) is 5.57 Å². The molecule has 2 aliphatic rings. The minimum Gasteiger partial charge on any atom is -0.507 e. The summed E-state index contributed by atoms with van der Waals surface area (Å²) in [5, 5.41) is 9.64. The maximum Gasteiger partial charge on any atom is 0.123 e. The van der Waals surface area contributed by atoms with E-state index in [9.17, 15) is 5.11 Å². The molecule has 2 aliphatic carbocycles. The highest BCUT2D eigenvalue weighted by Gasteiger charge is 2.07. The monoisotopic (exact) mass is 170 g/mol. The molecule has 0 bridgehead atoms. The molecule has 0 fully saturated rings. The average molecular weight is 170 g/mol. The van der Waals surface area contributed by atoms with Gasteiger partial charge in [-0.05, 0) is 11.6 Å². The van der Waals surface area contributed by atoms with Crippen LogP contribution in [0.5, 0.6) is 0 Å². The first kappa shape index (κ1) is 7.87. The van der Waals surface area contributed by atoms with E-state index in [1.807, 2.05) is 48.6 Å². The van der Waals surface area contributed by atoms with E-state index in [1.165, 1.54) is 0 Å². The van der Waals surface area contributed by atoms with Crippen LogP contribution in [0, 0.1) is 0 Å². The van der Waals surface area contributed by atoms with Crippen LogP contribution in [0.15, 0.2) is 71.6 Å². The van der Waals surface area contributed by atoms with Crippen molar-refractivity contribution in [1.29, 1.82) is 0 Å². The van der Waals surface area contributed by atoms with Gasteiger partial charge in [-0.15, -0.1) is 0 Å². The molecule has 0 spiro atoms. The molecular formula is C12H10O. The molecule has 0 atom stereocenters. The Morgan fingerprint density at radius 3 is 2.46 bits per heavy atom. The van der Waals surface area contributed by atoms with Crippen molar-refractivity contribution in [3.8, 4) is 0 Å². The van der Waals surface area contributed by atoms with Gasteiger partial charge in [0.2, 0.25) is 0 Å². The predicted molar refractivity (Wildman–Crippen MR) is 54.3 cm³/mol. The Balaban J connectivity index is 2.54. The molecule has 0 aromatic heterocycles. The molecule has 0 saturated carbocycles. The minimum absolute atomic E-state index is 0.316. The summed E-state index contributed by atoms with van der Waals surface area (Å²) in [7, 11) is 0. The van der Waals surface area contributed by atoms with Crippen LogP contribution < -0.4 is 0 Å². The zero-order valence-corrected chi connectivity index (χ0v) is 7.14. The van der Waals surface area contributed by atoms with Crippen molar-refractivity contribution in [3.05, 3.63) is 71.6 Å². The van der Waals surface area contributed by atoms with Gasteiger partial charge in [0.1, 0.15) is 5.76 Å². The molecule has 0 heterocycles. The SMILES string of the molecule is OC1=CC=CC=C2C=CC=CC=C12. The highest BCUT2D eigenvalue weighted by molar-refractivity contribution is 5.56. The van der Waals surface area contributed by atoms with Crippen molar-refractivity contribution in [3.63, 3.8) is 0 Å².